The van der Waals surface area contributed by atoms with Crippen LogP contribution in [0, 0.1) is 6.92 Å². The van der Waals surface area contributed by atoms with Crippen molar-refractivity contribution in [2.24, 2.45) is 0 Å². The van der Waals surface area contributed by atoms with E-state index in [1.807, 2.05) is 11.8 Å². The van der Waals surface area contributed by atoms with Crippen LogP contribution >= 0.6 is 23.4 Å². The van der Waals surface area contributed by atoms with E-state index in [1.165, 1.54) is 11.8 Å². The van der Waals surface area contributed by atoms with E-state index < -0.39 is 18.5 Å². The molecular formula is C22H23ClN2O4S. The second-order valence-electron chi connectivity index (χ2n) is 6.96. The van der Waals surface area contributed by atoms with E-state index in [2.05, 4.69) is 5.32 Å². The number of anilines is 1. The summed E-state index contributed by atoms with van der Waals surface area (Å²) < 4.78 is 5.19. The molecule has 0 atom stereocenters. The maximum absolute atomic E-state index is 12.5. The summed E-state index contributed by atoms with van der Waals surface area (Å²) in [5.41, 5.74) is 1.76. The van der Waals surface area contributed by atoms with Gasteiger partial charge in [0.15, 0.2) is 6.61 Å². The fraction of sp³-hybridized carbons (Fsp3) is 0.318. The highest BCUT2D eigenvalue weighted by atomic mass is 35.5. The topological polar surface area (TPSA) is 75.7 Å². The normalized spacial score (nSPS) is 13.2. The number of likely N-dealkylation sites (tertiary alicyclic amines) is 1. The standard InChI is InChI=1S/C22H23ClN2O4S/c1-15-8-9-16(23)12-18(15)24-20(26)13-29-22(28)17-6-2-3-7-19(17)30-14-21(27)25-10-4-5-11-25/h2-3,6-9,12H,4-5,10-11,13-14H2,1H3,(H,24,26). The maximum Gasteiger partial charge on any atom is 0.339 e. The molecule has 1 heterocycles. The van der Waals surface area contributed by atoms with Gasteiger partial charge in [0.2, 0.25) is 5.91 Å². The van der Waals surface area contributed by atoms with E-state index in [0.717, 1.165) is 31.5 Å². The third-order valence-electron chi connectivity index (χ3n) is 4.72. The molecule has 1 saturated heterocycles. The minimum absolute atomic E-state index is 0.0666. The minimum atomic E-state index is -0.607. The van der Waals surface area contributed by atoms with Crippen LogP contribution in [0.5, 0.6) is 0 Å². The summed E-state index contributed by atoms with van der Waals surface area (Å²) >= 11 is 7.26. The number of nitrogens with one attached hydrogen (secondary N) is 1. The highest BCUT2D eigenvalue weighted by molar-refractivity contribution is 8.00. The number of hydrogen-bond donors (Lipinski definition) is 1. The zero-order valence-electron chi connectivity index (χ0n) is 16.7. The summed E-state index contributed by atoms with van der Waals surface area (Å²) in [6.07, 6.45) is 2.08. The van der Waals surface area contributed by atoms with Crippen LogP contribution < -0.4 is 5.32 Å². The second kappa shape index (κ2) is 10.5. The molecule has 2 amide bonds. The van der Waals surface area contributed by atoms with Gasteiger partial charge in [-0.2, -0.15) is 0 Å². The van der Waals surface area contributed by atoms with E-state index >= 15 is 0 Å². The first-order valence-electron chi connectivity index (χ1n) is 9.67. The second-order valence-corrected chi connectivity index (χ2v) is 8.41. The first-order valence-corrected chi connectivity index (χ1v) is 11.0. The Balaban J connectivity index is 1.55. The van der Waals surface area contributed by atoms with Crippen molar-refractivity contribution in [3.63, 3.8) is 0 Å². The predicted molar refractivity (Wildman–Crippen MR) is 118 cm³/mol. The number of carbonyl (C=O) groups excluding carboxylic acids is 3. The quantitative estimate of drug-likeness (QED) is 0.510. The molecule has 6 nitrogen and oxygen atoms in total. The van der Waals surface area contributed by atoms with Crippen molar-refractivity contribution in [2.75, 3.05) is 30.8 Å². The molecule has 2 aromatic rings. The van der Waals surface area contributed by atoms with Crippen LogP contribution in [0.1, 0.15) is 28.8 Å². The fourth-order valence-corrected chi connectivity index (χ4v) is 4.20. The van der Waals surface area contributed by atoms with Crippen LogP contribution in [0.15, 0.2) is 47.4 Å². The van der Waals surface area contributed by atoms with E-state index in [4.69, 9.17) is 16.3 Å². The summed E-state index contributed by atoms with van der Waals surface area (Å²) in [5, 5.41) is 3.19. The number of aryl methyl sites for hydroxylation is 1. The first-order chi connectivity index (χ1) is 14.4. The zero-order chi connectivity index (χ0) is 21.5. The predicted octanol–water partition coefficient (Wildman–Crippen LogP) is 4.16. The van der Waals surface area contributed by atoms with Crippen molar-refractivity contribution < 1.29 is 19.1 Å². The lowest BCUT2D eigenvalue weighted by atomic mass is 10.2. The monoisotopic (exact) mass is 446 g/mol. The van der Waals surface area contributed by atoms with E-state index in [1.54, 1.807) is 42.5 Å². The molecule has 30 heavy (non-hydrogen) atoms. The molecule has 1 fully saturated rings. The Kier molecular flexibility index (Phi) is 7.76. The van der Waals surface area contributed by atoms with Crippen molar-refractivity contribution >= 4 is 46.8 Å². The van der Waals surface area contributed by atoms with Gasteiger partial charge in [-0.3, -0.25) is 9.59 Å². The Morgan fingerprint density at radius 1 is 1.13 bits per heavy atom. The fourth-order valence-electron chi connectivity index (χ4n) is 3.08. The molecule has 0 aliphatic carbocycles. The minimum Gasteiger partial charge on any atom is -0.452 e. The average molecular weight is 447 g/mol. The van der Waals surface area contributed by atoms with Crippen LogP contribution in [0.3, 0.4) is 0 Å². The van der Waals surface area contributed by atoms with Crippen molar-refractivity contribution in [2.45, 2.75) is 24.7 Å². The molecule has 0 bridgehead atoms. The lowest BCUT2D eigenvalue weighted by molar-refractivity contribution is -0.127. The number of esters is 1. The highest BCUT2D eigenvalue weighted by Crippen LogP contribution is 2.25. The van der Waals surface area contributed by atoms with E-state index in [-0.39, 0.29) is 11.7 Å². The van der Waals surface area contributed by atoms with Gasteiger partial charge in [-0.1, -0.05) is 29.8 Å². The van der Waals surface area contributed by atoms with Crippen molar-refractivity contribution in [1.82, 2.24) is 4.90 Å². The first kappa shape index (κ1) is 22.2. The van der Waals surface area contributed by atoms with Gasteiger partial charge in [-0.15, -0.1) is 11.8 Å². The van der Waals surface area contributed by atoms with Crippen LogP contribution in [-0.4, -0.2) is 48.1 Å². The molecule has 0 spiro atoms. The SMILES string of the molecule is Cc1ccc(Cl)cc1NC(=O)COC(=O)c1ccccc1SCC(=O)N1CCCC1. The Labute approximate surface area is 184 Å². The lowest BCUT2D eigenvalue weighted by Crippen LogP contribution is -2.29. The van der Waals surface area contributed by atoms with Gasteiger partial charge < -0.3 is 15.0 Å². The maximum atomic E-state index is 12.5. The van der Waals surface area contributed by atoms with Crippen molar-refractivity contribution in [3.05, 3.63) is 58.6 Å². The Hall–Kier alpha value is -2.51. The van der Waals surface area contributed by atoms with Gasteiger partial charge in [-0.05, 0) is 49.6 Å². The number of halogens is 1. The number of thioether (sulfide) groups is 1. The summed E-state index contributed by atoms with van der Waals surface area (Å²) in [5.74, 6) is -0.733. The van der Waals surface area contributed by atoms with E-state index in [0.29, 0.717) is 21.2 Å². The number of carbonyl (C=O) groups is 3. The van der Waals surface area contributed by atoms with Gasteiger partial charge in [0.25, 0.3) is 5.91 Å². The molecule has 3 rings (SSSR count). The van der Waals surface area contributed by atoms with Gasteiger partial charge in [-0.25, -0.2) is 4.79 Å². The molecule has 2 aromatic carbocycles. The number of ether oxygens (including phenoxy) is 1. The van der Waals surface area contributed by atoms with Crippen molar-refractivity contribution in [1.29, 1.82) is 0 Å². The lowest BCUT2D eigenvalue weighted by Gasteiger charge is -2.15. The Morgan fingerprint density at radius 3 is 2.63 bits per heavy atom. The molecule has 0 aromatic heterocycles. The van der Waals surface area contributed by atoms with E-state index in [9.17, 15) is 14.4 Å². The van der Waals surface area contributed by atoms with Crippen molar-refractivity contribution in [3.8, 4) is 0 Å². The smallest absolute Gasteiger partial charge is 0.339 e. The number of hydrogen-bond acceptors (Lipinski definition) is 5. The number of rotatable bonds is 7. The van der Waals surface area contributed by atoms with Crippen LogP contribution in [0.2, 0.25) is 5.02 Å². The Morgan fingerprint density at radius 2 is 1.87 bits per heavy atom. The van der Waals surface area contributed by atoms with Crippen LogP contribution in [0.4, 0.5) is 5.69 Å². The zero-order valence-corrected chi connectivity index (χ0v) is 18.2. The van der Waals surface area contributed by atoms with Crippen LogP contribution in [0.25, 0.3) is 0 Å². The van der Waals surface area contributed by atoms with Gasteiger partial charge in [0.1, 0.15) is 0 Å². The Bertz CT molecular complexity index is 944. The average Bonchev–Trinajstić information content (AvgIpc) is 3.28. The van der Waals surface area contributed by atoms with Crippen LogP contribution in [-0.2, 0) is 14.3 Å². The molecule has 0 radical (unpaired) electrons. The molecule has 1 N–H and O–H groups in total. The third kappa shape index (κ3) is 6.00. The molecule has 158 valence electrons. The summed E-state index contributed by atoms with van der Waals surface area (Å²) in [6, 6.07) is 12.1. The number of nitrogens with zero attached hydrogens (tertiary/aromatic N) is 1. The molecule has 0 unspecified atom stereocenters. The molecule has 0 saturated carbocycles. The molecular weight excluding hydrogens is 424 g/mol. The number of amides is 2. The molecule has 1 aliphatic heterocycles. The summed E-state index contributed by atoms with van der Waals surface area (Å²) in [6.45, 7) is 3.01. The van der Waals surface area contributed by atoms with Gasteiger partial charge >= 0.3 is 5.97 Å². The molecule has 8 heteroatoms. The molecule has 1 aliphatic rings. The number of benzene rings is 2. The largest absolute Gasteiger partial charge is 0.452 e. The highest BCUT2D eigenvalue weighted by Gasteiger charge is 2.20. The van der Waals surface area contributed by atoms with Gasteiger partial charge in [0.05, 0.1) is 11.3 Å². The third-order valence-corrected chi connectivity index (χ3v) is 6.02. The summed E-state index contributed by atoms with van der Waals surface area (Å²) in [7, 11) is 0. The summed E-state index contributed by atoms with van der Waals surface area (Å²) in [4.78, 5) is 39.4. The van der Waals surface area contributed by atoms with Gasteiger partial charge in [0, 0.05) is 28.7 Å².